The topological polar surface area (TPSA) is 84.9 Å². The minimum absolute atomic E-state index is 0.0946. The van der Waals surface area contributed by atoms with Crippen molar-refractivity contribution in [3.05, 3.63) is 96.6 Å². The lowest BCUT2D eigenvalue weighted by atomic mass is 10.1. The Balaban J connectivity index is 1.39. The van der Waals surface area contributed by atoms with Gasteiger partial charge in [-0.1, -0.05) is 54.6 Å². The molecule has 0 aliphatic carbocycles. The summed E-state index contributed by atoms with van der Waals surface area (Å²) in [6.07, 6.45) is 0. The van der Waals surface area contributed by atoms with Crippen LogP contribution in [0.2, 0.25) is 0 Å². The van der Waals surface area contributed by atoms with E-state index in [1.165, 1.54) is 12.1 Å². The van der Waals surface area contributed by atoms with Gasteiger partial charge < -0.3 is 14.8 Å². The molecule has 35 heavy (non-hydrogen) atoms. The first-order valence-electron chi connectivity index (χ1n) is 11.2. The molecule has 0 bridgehead atoms. The number of rotatable bonds is 7. The number of carbonyl (C=O) groups excluding carboxylic acids is 1. The number of benzene rings is 4. The Morgan fingerprint density at radius 1 is 0.800 bits per heavy atom. The average Bonchev–Trinajstić information content (AvgIpc) is 2.90. The maximum Gasteiger partial charge on any atom is 0.264 e. The Morgan fingerprint density at radius 3 is 2.31 bits per heavy atom. The molecule has 178 valence electrons. The van der Waals surface area contributed by atoms with E-state index in [4.69, 9.17) is 9.47 Å². The number of ether oxygens (including phenoxy) is 2. The van der Waals surface area contributed by atoms with Crippen molar-refractivity contribution in [2.24, 2.45) is 0 Å². The molecule has 1 heterocycles. The second-order valence-corrected chi connectivity index (χ2v) is 9.97. The zero-order valence-corrected chi connectivity index (χ0v) is 19.7. The number of nitrogens with zero attached hydrogens (tertiary/aromatic N) is 1. The maximum absolute atomic E-state index is 13.5. The first-order valence-corrected chi connectivity index (χ1v) is 12.7. The standard InChI is InChI=1S/C27H24N2O5S/c30-27(28-18-20-10-11-21-6-4-5-7-22(21)16-20)19-29(35(31,32)24-8-2-1-3-9-24)23-12-13-25-26(17-23)34-15-14-33-25/h1-13,16-17H,14-15,18-19H2,(H,28,30). The molecular weight excluding hydrogens is 464 g/mol. The van der Waals surface area contributed by atoms with E-state index in [1.807, 2.05) is 42.5 Å². The summed E-state index contributed by atoms with van der Waals surface area (Å²) in [6.45, 7) is 0.693. The minimum atomic E-state index is -4.01. The lowest BCUT2D eigenvalue weighted by Gasteiger charge is -2.26. The van der Waals surface area contributed by atoms with Crippen molar-refractivity contribution in [2.75, 3.05) is 24.1 Å². The van der Waals surface area contributed by atoms with E-state index in [1.54, 1.807) is 36.4 Å². The van der Waals surface area contributed by atoms with E-state index >= 15 is 0 Å². The van der Waals surface area contributed by atoms with Gasteiger partial charge in [0.1, 0.15) is 19.8 Å². The smallest absolute Gasteiger partial charge is 0.264 e. The summed E-state index contributed by atoms with van der Waals surface area (Å²) in [7, 11) is -4.01. The molecule has 4 aromatic carbocycles. The quantitative estimate of drug-likeness (QED) is 0.423. The van der Waals surface area contributed by atoms with Gasteiger partial charge >= 0.3 is 0 Å². The van der Waals surface area contributed by atoms with E-state index in [0.717, 1.165) is 20.6 Å². The van der Waals surface area contributed by atoms with Crippen LogP contribution in [0.1, 0.15) is 5.56 Å². The second-order valence-electron chi connectivity index (χ2n) is 8.11. The van der Waals surface area contributed by atoms with Crippen molar-refractivity contribution in [1.29, 1.82) is 0 Å². The van der Waals surface area contributed by atoms with Crippen molar-refractivity contribution in [3.8, 4) is 11.5 Å². The lowest BCUT2D eigenvalue weighted by molar-refractivity contribution is -0.119. The molecule has 4 aromatic rings. The van der Waals surface area contributed by atoms with E-state index in [0.29, 0.717) is 30.4 Å². The monoisotopic (exact) mass is 488 g/mol. The van der Waals surface area contributed by atoms with E-state index in [9.17, 15) is 13.2 Å². The van der Waals surface area contributed by atoms with Crippen molar-refractivity contribution in [1.82, 2.24) is 5.32 Å². The Bertz CT molecular complexity index is 1470. The molecule has 0 saturated carbocycles. The molecule has 5 rings (SSSR count). The van der Waals surface area contributed by atoms with Gasteiger partial charge in [0.05, 0.1) is 10.6 Å². The van der Waals surface area contributed by atoms with Gasteiger partial charge in [0.2, 0.25) is 5.91 Å². The Kier molecular flexibility index (Phi) is 6.29. The van der Waals surface area contributed by atoms with Crippen LogP contribution in [0, 0.1) is 0 Å². The van der Waals surface area contributed by atoms with Crippen LogP contribution in [-0.2, 0) is 21.4 Å². The highest BCUT2D eigenvalue weighted by atomic mass is 32.2. The van der Waals surface area contributed by atoms with Crippen LogP contribution >= 0.6 is 0 Å². The van der Waals surface area contributed by atoms with Gasteiger partial charge in [-0.3, -0.25) is 9.10 Å². The van der Waals surface area contributed by atoms with Crippen LogP contribution in [0.25, 0.3) is 10.8 Å². The number of anilines is 1. The van der Waals surface area contributed by atoms with Gasteiger partial charge in [0, 0.05) is 12.6 Å². The van der Waals surface area contributed by atoms with Crippen LogP contribution in [0.3, 0.4) is 0 Å². The molecule has 8 heteroatoms. The number of fused-ring (bicyclic) bond motifs is 2. The number of amides is 1. The van der Waals surface area contributed by atoms with E-state index < -0.39 is 15.9 Å². The minimum Gasteiger partial charge on any atom is -0.486 e. The molecule has 1 amide bonds. The fourth-order valence-electron chi connectivity index (χ4n) is 3.96. The largest absolute Gasteiger partial charge is 0.486 e. The highest BCUT2D eigenvalue weighted by molar-refractivity contribution is 7.92. The van der Waals surface area contributed by atoms with Crippen LogP contribution in [0.4, 0.5) is 5.69 Å². The van der Waals surface area contributed by atoms with Crippen molar-refractivity contribution < 1.29 is 22.7 Å². The summed E-state index contributed by atoms with van der Waals surface area (Å²) in [5.41, 5.74) is 1.24. The molecule has 1 N–H and O–H groups in total. The van der Waals surface area contributed by atoms with Gasteiger partial charge in [0.25, 0.3) is 10.0 Å². The highest BCUT2D eigenvalue weighted by Gasteiger charge is 2.28. The lowest BCUT2D eigenvalue weighted by Crippen LogP contribution is -2.40. The van der Waals surface area contributed by atoms with E-state index in [-0.39, 0.29) is 18.0 Å². The van der Waals surface area contributed by atoms with Crippen LogP contribution in [-0.4, -0.2) is 34.1 Å². The molecule has 0 unspecified atom stereocenters. The summed E-state index contributed by atoms with van der Waals surface area (Å²) in [4.78, 5) is 13.1. The Morgan fingerprint density at radius 2 is 1.51 bits per heavy atom. The molecule has 0 saturated heterocycles. The van der Waals surface area contributed by atoms with Gasteiger partial charge in [-0.2, -0.15) is 0 Å². The summed E-state index contributed by atoms with van der Waals surface area (Å²) in [5.74, 6) is 0.559. The number of carbonyl (C=O) groups is 1. The summed E-state index contributed by atoms with van der Waals surface area (Å²) < 4.78 is 39.3. The predicted molar refractivity (Wildman–Crippen MR) is 134 cm³/mol. The molecule has 1 aliphatic heterocycles. The van der Waals surface area contributed by atoms with Crippen LogP contribution in [0.5, 0.6) is 11.5 Å². The molecule has 7 nitrogen and oxygen atoms in total. The SMILES string of the molecule is O=C(CN(c1ccc2c(c1)OCCO2)S(=O)(=O)c1ccccc1)NCc1ccc2ccccc2c1. The van der Waals surface area contributed by atoms with Crippen molar-refractivity contribution in [3.63, 3.8) is 0 Å². The third kappa shape index (κ3) is 4.93. The zero-order valence-electron chi connectivity index (χ0n) is 18.9. The number of hydrogen-bond donors (Lipinski definition) is 1. The second kappa shape index (κ2) is 9.68. The number of hydrogen-bond acceptors (Lipinski definition) is 5. The maximum atomic E-state index is 13.5. The summed E-state index contributed by atoms with van der Waals surface area (Å²) in [6, 6.07) is 26.8. The summed E-state index contributed by atoms with van der Waals surface area (Å²) in [5, 5.41) is 5.03. The normalized spacial score (nSPS) is 12.8. The fourth-order valence-corrected chi connectivity index (χ4v) is 5.39. The molecule has 0 aromatic heterocycles. The Labute approximate surface area is 204 Å². The molecule has 0 fully saturated rings. The molecule has 1 aliphatic rings. The first kappa shape index (κ1) is 22.7. The molecule has 0 atom stereocenters. The number of sulfonamides is 1. The van der Waals surface area contributed by atoms with Crippen molar-refractivity contribution >= 4 is 32.4 Å². The Hall–Kier alpha value is -4.04. The van der Waals surface area contributed by atoms with Gasteiger partial charge in [0.15, 0.2) is 11.5 Å². The van der Waals surface area contributed by atoms with Gasteiger partial charge in [-0.15, -0.1) is 0 Å². The first-order chi connectivity index (χ1) is 17.0. The third-order valence-corrected chi connectivity index (χ3v) is 7.52. The fraction of sp³-hybridized carbons (Fsp3) is 0.148. The molecule has 0 spiro atoms. The van der Waals surface area contributed by atoms with Gasteiger partial charge in [-0.05, 0) is 46.7 Å². The van der Waals surface area contributed by atoms with Crippen molar-refractivity contribution in [2.45, 2.75) is 11.4 Å². The van der Waals surface area contributed by atoms with E-state index in [2.05, 4.69) is 5.32 Å². The van der Waals surface area contributed by atoms with Gasteiger partial charge in [-0.25, -0.2) is 8.42 Å². The number of nitrogens with one attached hydrogen (secondary N) is 1. The van der Waals surface area contributed by atoms with Crippen LogP contribution in [0.15, 0.2) is 95.9 Å². The highest BCUT2D eigenvalue weighted by Crippen LogP contribution is 2.35. The van der Waals surface area contributed by atoms with Crippen LogP contribution < -0.4 is 19.1 Å². The third-order valence-electron chi connectivity index (χ3n) is 5.74. The molecular formula is C27H24N2O5S. The summed E-state index contributed by atoms with van der Waals surface area (Å²) >= 11 is 0. The molecule has 0 radical (unpaired) electrons. The zero-order chi connectivity index (χ0) is 24.3. The average molecular weight is 489 g/mol. The predicted octanol–water partition coefficient (Wildman–Crippen LogP) is 4.12.